The van der Waals surface area contributed by atoms with Crippen LogP contribution in [0.4, 0.5) is 0 Å². The summed E-state index contributed by atoms with van der Waals surface area (Å²) in [6.45, 7) is 5.98. The Balaban J connectivity index is 1.34. The molecule has 0 spiro atoms. The number of ether oxygens (including phenoxy) is 2. The minimum absolute atomic E-state index is 0.192. The van der Waals surface area contributed by atoms with Gasteiger partial charge in [0.25, 0.3) is 0 Å². The molecule has 2 N–H and O–H groups in total. The molecule has 31 heavy (non-hydrogen) atoms. The number of aliphatic imine (C=N–C) groups is 1. The fraction of sp³-hybridized carbons (Fsp3) is 0.417. The van der Waals surface area contributed by atoms with Gasteiger partial charge in [-0.1, -0.05) is 24.3 Å². The first kappa shape index (κ1) is 22.5. The lowest BCUT2D eigenvalue weighted by Crippen LogP contribution is -2.39. The molecule has 2 aromatic rings. The van der Waals surface area contributed by atoms with Crippen molar-refractivity contribution in [3.8, 4) is 11.5 Å². The molecule has 0 fully saturated rings. The molecule has 7 heteroatoms. The average molecular weight is 425 g/mol. The third kappa shape index (κ3) is 6.91. The molecule has 1 aliphatic heterocycles. The van der Waals surface area contributed by atoms with Crippen molar-refractivity contribution in [1.82, 2.24) is 15.5 Å². The number of methoxy groups -OCH3 is 1. The number of hydrogen-bond acceptors (Lipinski definition) is 4. The first-order valence-corrected chi connectivity index (χ1v) is 10.8. The number of benzene rings is 2. The fourth-order valence-electron chi connectivity index (χ4n) is 3.44. The van der Waals surface area contributed by atoms with Gasteiger partial charge in [-0.05, 0) is 48.7 Å². The van der Waals surface area contributed by atoms with Gasteiger partial charge in [-0.25, -0.2) is 0 Å². The van der Waals surface area contributed by atoms with Crippen LogP contribution in [0.5, 0.6) is 11.5 Å². The van der Waals surface area contributed by atoms with Gasteiger partial charge in [-0.3, -0.25) is 9.79 Å². The summed E-state index contributed by atoms with van der Waals surface area (Å²) in [5.74, 6) is 2.53. The predicted octanol–water partition coefficient (Wildman–Crippen LogP) is 2.95. The van der Waals surface area contributed by atoms with Crippen LogP contribution < -0.4 is 20.1 Å². The van der Waals surface area contributed by atoms with Crippen LogP contribution in [-0.4, -0.2) is 50.1 Å². The van der Waals surface area contributed by atoms with Gasteiger partial charge < -0.3 is 25.0 Å². The van der Waals surface area contributed by atoms with Crippen LogP contribution in [0.3, 0.4) is 0 Å². The van der Waals surface area contributed by atoms with Crippen molar-refractivity contribution in [2.24, 2.45) is 4.99 Å². The predicted molar refractivity (Wildman–Crippen MR) is 122 cm³/mol. The minimum atomic E-state index is 0.192. The van der Waals surface area contributed by atoms with E-state index in [0.717, 1.165) is 43.5 Å². The fourth-order valence-corrected chi connectivity index (χ4v) is 3.44. The molecule has 0 unspecified atom stereocenters. The van der Waals surface area contributed by atoms with Crippen molar-refractivity contribution < 1.29 is 14.3 Å². The quantitative estimate of drug-likeness (QED) is 0.348. The van der Waals surface area contributed by atoms with Crippen LogP contribution in [-0.2, 0) is 17.9 Å². The lowest BCUT2D eigenvalue weighted by atomic mass is 10.1. The highest BCUT2D eigenvalue weighted by Crippen LogP contribution is 2.23. The highest BCUT2D eigenvalue weighted by molar-refractivity contribution is 5.80. The van der Waals surface area contributed by atoms with E-state index in [4.69, 9.17) is 9.47 Å². The standard InChI is InChI=1S/C24H32N4O3/c1-3-25-24(27-15-16-31-22-12-10-21(30-2)11-13-22)26-14-6-9-23(29)28-17-19-7-4-5-8-20(19)18-28/h4-5,7-8,10-13H,3,6,9,14-18H2,1-2H3,(H2,25,26,27). The van der Waals surface area contributed by atoms with Crippen LogP contribution in [0, 0.1) is 0 Å². The lowest BCUT2D eigenvalue weighted by molar-refractivity contribution is -0.131. The number of rotatable bonds is 10. The van der Waals surface area contributed by atoms with Crippen molar-refractivity contribution in [1.29, 1.82) is 0 Å². The molecule has 0 atom stereocenters. The molecular formula is C24H32N4O3. The number of fused-ring (bicyclic) bond motifs is 1. The SMILES string of the molecule is CCNC(=NCCCC(=O)N1Cc2ccccc2C1)NCCOc1ccc(OC)cc1. The summed E-state index contributed by atoms with van der Waals surface area (Å²) in [6.07, 6.45) is 1.24. The Bertz CT molecular complexity index is 842. The summed E-state index contributed by atoms with van der Waals surface area (Å²) in [5.41, 5.74) is 2.51. The Labute approximate surface area is 184 Å². The zero-order valence-corrected chi connectivity index (χ0v) is 18.4. The van der Waals surface area contributed by atoms with Crippen molar-refractivity contribution >= 4 is 11.9 Å². The second kappa shape index (κ2) is 11.8. The second-order valence-corrected chi connectivity index (χ2v) is 7.33. The van der Waals surface area contributed by atoms with E-state index in [1.54, 1.807) is 7.11 Å². The van der Waals surface area contributed by atoms with E-state index in [0.29, 0.717) is 26.1 Å². The van der Waals surface area contributed by atoms with Crippen LogP contribution in [0.2, 0.25) is 0 Å². The maximum Gasteiger partial charge on any atom is 0.223 e. The van der Waals surface area contributed by atoms with E-state index >= 15 is 0 Å². The van der Waals surface area contributed by atoms with Crippen LogP contribution in [0.15, 0.2) is 53.5 Å². The van der Waals surface area contributed by atoms with Gasteiger partial charge >= 0.3 is 0 Å². The molecule has 0 saturated heterocycles. The number of nitrogens with one attached hydrogen (secondary N) is 2. The Morgan fingerprint density at radius 1 is 1.03 bits per heavy atom. The zero-order valence-electron chi connectivity index (χ0n) is 18.4. The summed E-state index contributed by atoms with van der Waals surface area (Å²) in [7, 11) is 1.64. The van der Waals surface area contributed by atoms with Crippen LogP contribution in [0.25, 0.3) is 0 Å². The molecule has 1 aliphatic rings. The Hall–Kier alpha value is -3.22. The number of carbonyl (C=O) groups is 1. The monoisotopic (exact) mass is 424 g/mol. The maximum atomic E-state index is 12.5. The van der Waals surface area contributed by atoms with Crippen LogP contribution in [0.1, 0.15) is 30.9 Å². The van der Waals surface area contributed by atoms with Gasteiger partial charge in [-0.15, -0.1) is 0 Å². The summed E-state index contributed by atoms with van der Waals surface area (Å²) in [4.78, 5) is 19.0. The first-order chi connectivity index (χ1) is 15.2. The third-order valence-corrected chi connectivity index (χ3v) is 5.08. The van der Waals surface area contributed by atoms with Crippen molar-refractivity contribution in [3.63, 3.8) is 0 Å². The Kier molecular flexibility index (Phi) is 8.58. The highest BCUT2D eigenvalue weighted by Gasteiger charge is 2.22. The number of amides is 1. The smallest absolute Gasteiger partial charge is 0.223 e. The van der Waals surface area contributed by atoms with Gasteiger partial charge in [0.1, 0.15) is 18.1 Å². The molecule has 0 saturated carbocycles. The molecule has 0 aliphatic carbocycles. The second-order valence-electron chi connectivity index (χ2n) is 7.33. The molecule has 1 heterocycles. The highest BCUT2D eigenvalue weighted by atomic mass is 16.5. The lowest BCUT2D eigenvalue weighted by Gasteiger charge is -2.15. The molecule has 0 radical (unpaired) electrons. The number of hydrogen-bond donors (Lipinski definition) is 2. The summed E-state index contributed by atoms with van der Waals surface area (Å²) >= 11 is 0. The number of nitrogens with zero attached hydrogens (tertiary/aromatic N) is 2. The first-order valence-electron chi connectivity index (χ1n) is 10.8. The summed E-state index contributed by atoms with van der Waals surface area (Å²) < 4.78 is 10.9. The van der Waals surface area contributed by atoms with E-state index in [9.17, 15) is 4.79 Å². The minimum Gasteiger partial charge on any atom is -0.497 e. The third-order valence-electron chi connectivity index (χ3n) is 5.08. The maximum absolute atomic E-state index is 12.5. The van der Waals surface area contributed by atoms with E-state index < -0.39 is 0 Å². The molecular weight excluding hydrogens is 392 g/mol. The van der Waals surface area contributed by atoms with Crippen molar-refractivity contribution in [3.05, 3.63) is 59.7 Å². The number of guanidine groups is 1. The molecule has 3 rings (SSSR count). The molecule has 166 valence electrons. The zero-order chi connectivity index (χ0) is 21.9. The van der Waals surface area contributed by atoms with Gasteiger partial charge in [-0.2, -0.15) is 0 Å². The molecule has 1 amide bonds. The molecule has 0 bridgehead atoms. The largest absolute Gasteiger partial charge is 0.497 e. The molecule has 2 aromatic carbocycles. The summed E-state index contributed by atoms with van der Waals surface area (Å²) in [6, 6.07) is 15.8. The average Bonchev–Trinajstić information content (AvgIpc) is 3.24. The van der Waals surface area contributed by atoms with E-state index in [1.807, 2.05) is 48.2 Å². The van der Waals surface area contributed by atoms with Gasteiger partial charge in [0.15, 0.2) is 5.96 Å². The Morgan fingerprint density at radius 3 is 2.35 bits per heavy atom. The number of carbonyl (C=O) groups excluding carboxylic acids is 1. The van der Waals surface area contributed by atoms with Gasteiger partial charge in [0.2, 0.25) is 5.91 Å². The molecule has 0 aromatic heterocycles. The topological polar surface area (TPSA) is 75.2 Å². The van der Waals surface area contributed by atoms with Gasteiger partial charge in [0, 0.05) is 32.6 Å². The summed E-state index contributed by atoms with van der Waals surface area (Å²) in [5, 5.41) is 6.49. The molecule has 7 nitrogen and oxygen atoms in total. The van der Waals surface area contributed by atoms with E-state index in [2.05, 4.69) is 27.8 Å². The van der Waals surface area contributed by atoms with Gasteiger partial charge in [0.05, 0.1) is 13.7 Å². The van der Waals surface area contributed by atoms with Crippen LogP contribution >= 0.6 is 0 Å². The van der Waals surface area contributed by atoms with Crippen molar-refractivity contribution in [2.45, 2.75) is 32.9 Å². The normalized spacial score (nSPS) is 13.0. The van der Waals surface area contributed by atoms with E-state index in [1.165, 1.54) is 11.1 Å². The van der Waals surface area contributed by atoms with E-state index in [-0.39, 0.29) is 5.91 Å². The Morgan fingerprint density at radius 2 is 1.71 bits per heavy atom. The van der Waals surface area contributed by atoms with Crippen molar-refractivity contribution in [2.75, 3.05) is 33.4 Å².